The number of nitrogens with two attached hydrogens (primary N) is 2. The van der Waals surface area contributed by atoms with Gasteiger partial charge in [-0.3, -0.25) is 81.5 Å². The number of likely N-dealkylation sites (tertiary alicyclic amines) is 1. The van der Waals surface area contributed by atoms with E-state index in [4.69, 9.17) is 11.5 Å². The summed E-state index contributed by atoms with van der Waals surface area (Å²) in [5.74, 6) is -22.1. The van der Waals surface area contributed by atoms with E-state index >= 15 is 0 Å². The number of H-pyrrole nitrogens is 1. The van der Waals surface area contributed by atoms with Crippen LogP contribution in [0.4, 0.5) is 0 Å². The predicted molar refractivity (Wildman–Crippen MR) is 416 cm³/mol. The van der Waals surface area contributed by atoms with Crippen molar-refractivity contribution in [3.63, 3.8) is 0 Å². The van der Waals surface area contributed by atoms with Gasteiger partial charge < -0.3 is 121 Å². The number of phenols is 2. The number of aliphatic hydroxyl groups excluding tert-OH is 1. The zero-order valence-electron chi connectivity index (χ0n) is 63.6. The Hall–Kier alpha value is -12.1. The maximum absolute atomic E-state index is 14.6. The summed E-state index contributed by atoms with van der Waals surface area (Å²) in [5, 5.41) is 89.8. The van der Waals surface area contributed by atoms with Crippen LogP contribution in [0.15, 0.2) is 79.0 Å². The second-order valence-corrected chi connectivity index (χ2v) is 28.5. The maximum Gasteiger partial charge on any atom is 0.326 e. The third kappa shape index (κ3) is 30.3. The first-order valence-electron chi connectivity index (χ1n) is 36.6. The molecule has 1 aliphatic heterocycles. The summed E-state index contributed by atoms with van der Waals surface area (Å²) >= 11 is 8.37. The first kappa shape index (κ1) is 94.5. The second kappa shape index (κ2) is 46.3. The highest BCUT2D eigenvalue weighted by atomic mass is 32.1. The van der Waals surface area contributed by atoms with Crippen molar-refractivity contribution in [2.24, 2.45) is 23.3 Å². The van der Waals surface area contributed by atoms with Crippen molar-refractivity contribution in [3.05, 3.63) is 95.7 Å². The van der Waals surface area contributed by atoms with E-state index in [-0.39, 0.29) is 49.5 Å². The Morgan fingerprint density at radius 3 is 1.46 bits per heavy atom. The molecule has 43 heteroatoms. The van der Waals surface area contributed by atoms with Crippen molar-refractivity contribution in [1.29, 1.82) is 0 Å². The standard InChI is InChI=1S/C73H99N17O24S2/c1-35(2)60(71(111)81-46(20-22-59(100)101)65(105)87-52(34-116)68(108)83-48(25-38-13-17-41(93)18-14-38)66(106)84-49(27-54(75)94)67(107)89-61(36(3)4)73(113)114)88-57(97)30-77-55(95)29-78-63(103)47(24-37-11-15-40(92)16-12-37)82-64(104)45(19-21-58(98)99)80-56(96)31-79-70(110)53-10-7-23-90(53)72(112)50(26-39-28-76-44-9-6-5-8-42(39)44)85-69(109)51(33-115)86-62(102)43(74)32-91/h5-6,8-9,11-18,28,35-36,43,45-53,60-61,76,91-93,115-116H,7,10,19-27,29-34,74H2,1-4H3,(H2,75,94)(H,77,95)(H,78,103)(H,79,110)(H,80,96)(H,81,111)(H,82,104)(H,83,108)(H,84,106)(H,85,109)(H,86,102)(H,87,105)(H,88,97)(H,89,107)(H,98,99)(H,100,101)(H,113,114)/t43-,45-,46-,47-,48-,49-,50-,51-,52-,53-,60-,61-/m0/s1. The van der Waals surface area contributed by atoms with Crippen LogP contribution in [0, 0.1) is 11.8 Å². The molecule has 4 aromatic rings. The van der Waals surface area contributed by atoms with Crippen LogP contribution < -0.4 is 80.6 Å². The van der Waals surface area contributed by atoms with Gasteiger partial charge in [0.2, 0.25) is 88.6 Å². The van der Waals surface area contributed by atoms with Gasteiger partial charge in [0.25, 0.3) is 0 Å². The van der Waals surface area contributed by atoms with E-state index in [1.807, 2.05) is 0 Å². The molecule has 0 bridgehead atoms. The average molecular weight is 1660 g/mol. The van der Waals surface area contributed by atoms with Crippen LogP contribution in [0.3, 0.4) is 0 Å². The Kier molecular flexibility index (Phi) is 37.7. The number of phenolic OH excluding ortho intramolecular Hbond substituents is 2. The predicted octanol–water partition coefficient (Wildman–Crippen LogP) is -6.02. The van der Waals surface area contributed by atoms with Gasteiger partial charge in [0.05, 0.1) is 32.7 Å². The van der Waals surface area contributed by atoms with Crippen LogP contribution in [-0.4, -0.2) is 264 Å². The minimum Gasteiger partial charge on any atom is -0.508 e. The second-order valence-electron chi connectivity index (χ2n) is 27.8. The topological polar surface area (TPSA) is 656 Å². The quantitative estimate of drug-likeness (QED) is 0.0183. The largest absolute Gasteiger partial charge is 0.508 e. The van der Waals surface area contributed by atoms with Crippen molar-refractivity contribution in [1.82, 2.24) is 79.0 Å². The summed E-state index contributed by atoms with van der Waals surface area (Å²) in [6.45, 7) is 2.59. The third-order valence-electron chi connectivity index (χ3n) is 18.1. The summed E-state index contributed by atoms with van der Waals surface area (Å²) in [6.07, 6.45) is -2.31. The number of carbonyl (C=O) groups excluding carboxylic acids is 15. The number of aromatic amines is 1. The first-order valence-corrected chi connectivity index (χ1v) is 37.9. The van der Waals surface area contributed by atoms with E-state index in [9.17, 15) is 117 Å². The van der Waals surface area contributed by atoms with Crippen LogP contribution >= 0.6 is 25.3 Å². The molecule has 116 heavy (non-hydrogen) atoms. The summed E-state index contributed by atoms with van der Waals surface area (Å²) in [7, 11) is 0. The molecule has 0 radical (unpaired) electrons. The van der Waals surface area contributed by atoms with E-state index in [1.54, 1.807) is 30.5 Å². The molecule has 0 unspecified atom stereocenters. The molecule has 0 spiro atoms. The molecule has 41 nitrogen and oxygen atoms in total. The highest BCUT2D eigenvalue weighted by Crippen LogP contribution is 2.24. The molecular weight excluding hydrogens is 1560 g/mol. The van der Waals surface area contributed by atoms with Crippen molar-refractivity contribution in [3.8, 4) is 11.5 Å². The first-order chi connectivity index (χ1) is 54.8. The van der Waals surface area contributed by atoms with Gasteiger partial charge in [-0.1, -0.05) is 70.2 Å². The van der Waals surface area contributed by atoms with Gasteiger partial charge in [0.1, 0.15) is 84.0 Å². The number of thiol groups is 2. The van der Waals surface area contributed by atoms with Gasteiger partial charge in [-0.25, -0.2) is 4.79 Å². The Morgan fingerprint density at radius 2 is 0.940 bits per heavy atom. The van der Waals surface area contributed by atoms with Crippen molar-refractivity contribution >= 4 is 143 Å². The SMILES string of the molecule is CC(C)[C@H](NC(=O)[C@H](CC(N)=O)NC(=O)[C@H](Cc1ccc(O)cc1)NC(=O)[C@H](CS)NC(=O)[C@H](CCC(=O)O)NC(=O)[C@@H](NC(=O)CNC(=O)CNC(=O)[C@H](Cc1ccc(O)cc1)NC(=O)[C@H](CCC(=O)O)NC(=O)CNC(=O)[C@@H]1CCCN1C(=O)[C@H](Cc1c[nH]c2ccccc12)NC(=O)[C@H](CS)NC(=O)[C@@H](N)CO)C(C)C)C(=O)O. The summed E-state index contributed by atoms with van der Waals surface area (Å²) in [6, 6.07) is -0.819. The number of fused-ring (bicyclic) bond motifs is 1. The number of carboxylic acid groups (broad SMARTS) is 3. The van der Waals surface area contributed by atoms with Crippen molar-refractivity contribution < 1.29 is 117 Å². The lowest BCUT2D eigenvalue weighted by Crippen LogP contribution is -2.61. The van der Waals surface area contributed by atoms with E-state index in [0.29, 0.717) is 34.0 Å². The minimum absolute atomic E-state index is 0.0197. The van der Waals surface area contributed by atoms with Crippen LogP contribution in [0.5, 0.6) is 11.5 Å². The summed E-state index contributed by atoms with van der Waals surface area (Å²) in [5.41, 5.74) is 13.0. The molecule has 15 amide bonds. The minimum atomic E-state index is -1.78. The number of aliphatic hydroxyl groups is 1. The van der Waals surface area contributed by atoms with Crippen LogP contribution in [0.25, 0.3) is 10.9 Å². The number of benzene rings is 3. The summed E-state index contributed by atoms with van der Waals surface area (Å²) < 4.78 is 0. The number of aromatic hydroxyl groups is 2. The van der Waals surface area contributed by atoms with Gasteiger partial charge in [-0.05, 0) is 84.5 Å². The Bertz CT molecular complexity index is 4210. The molecule has 0 saturated carbocycles. The monoisotopic (exact) mass is 1660 g/mol. The van der Waals surface area contributed by atoms with Crippen molar-refractivity contribution in [2.75, 3.05) is 44.3 Å². The number of hydrogen-bond donors (Lipinski definition) is 24. The molecule has 632 valence electrons. The summed E-state index contributed by atoms with van der Waals surface area (Å²) in [4.78, 5) is 245. The van der Waals surface area contributed by atoms with Gasteiger partial charge >= 0.3 is 17.9 Å². The van der Waals surface area contributed by atoms with Crippen LogP contribution in [-0.2, 0) is 106 Å². The number of carboxylic acids is 3. The Balaban J connectivity index is 1.23. The molecule has 1 aliphatic rings. The van der Waals surface area contributed by atoms with Gasteiger partial charge in [0.15, 0.2) is 0 Å². The number of primary amides is 1. The number of aliphatic carboxylic acids is 3. The zero-order chi connectivity index (χ0) is 86.2. The number of amides is 15. The number of hydrogen-bond acceptors (Lipinski definition) is 24. The lowest BCUT2D eigenvalue weighted by Gasteiger charge is -2.30. The fourth-order valence-corrected chi connectivity index (χ4v) is 12.3. The molecule has 5 rings (SSSR count). The Morgan fingerprint density at radius 1 is 0.491 bits per heavy atom. The van der Waals surface area contributed by atoms with Crippen LogP contribution in [0.1, 0.15) is 89.3 Å². The number of para-hydroxylation sites is 1. The molecule has 3 aromatic carbocycles. The van der Waals surface area contributed by atoms with Crippen LogP contribution in [0.2, 0.25) is 0 Å². The maximum atomic E-state index is 14.6. The molecule has 1 fully saturated rings. The number of carbonyl (C=O) groups is 18. The zero-order valence-corrected chi connectivity index (χ0v) is 65.4. The molecule has 0 aliphatic carbocycles. The smallest absolute Gasteiger partial charge is 0.326 e. The molecular formula is C73H99N17O24S2. The number of rotatable bonds is 47. The number of nitrogens with zero attached hydrogens (tertiary/aromatic N) is 1. The average Bonchev–Trinajstić information content (AvgIpc) is 1.65. The Labute approximate surface area is 674 Å². The normalized spacial score (nSPS) is 15.3. The number of nitrogens with one attached hydrogen (secondary N) is 14. The van der Waals surface area contributed by atoms with Crippen molar-refractivity contribution in [2.45, 2.75) is 164 Å². The lowest BCUT2D eigenvalue weighted by atomic mass is 10.0. The third-order valence-corrected chi connectivity index (χ3v) is 18.9. The van der Waals surface area contributed by atoms with Gasteiger partial charge in [-0.15, -0.1) is 0 Å². The highest BCUT2D eigenvalue weighted by Gasteiger charge is 2.41. The van der Waals surface area contributed by atoms with Gasteiger partial charge in [0, 0.05) is 67.3 Å². The molecule has 24 N–H and O–H groups in total. The fraction of sp³-hybridized carbons (Fsp3) is 0.479. The van der Waals surface area contributed by atoms with E-state index in [2.05, 4.69) is 99.4 Å². The molecule has 1 aromatic heterocycles. The molecule has 2 heterocycles. The lowest BCUT2D eigenvalue weighted by molar-refractivity contribution is -0.144. The van der Waals surface area contributed by atoms with Gasteiger partial charge in [-0.2, -0.15) is 25.3 Å². The van der Waals surface area contributed by atoms with E-state index in [1.165, 1.54) is 81.1 Å². The molecule has 1 saturated heterocycles. The fourth-order valence-electron chi connectivity index (χ4n) is 11.8. The molecule has 12 atom stereocenters. The highest BCUT2D eigenvalue weighted by molar-refractivity contribution is 7.80. The van der Waals surface area contributed by atoms with E-state index in [0.717, 1.165) is 0 Å². The number of aromatic nitrogens is 1. The van der Waals surface area contributed by atoms with E-state index < -0.39 is 255 Å².